The van der Waals surface area contributed by atoms with Gasteiger partial charge in [0.05, 0.1) is 11.5 Å². The average Bonchev–Trinajstić information content (AvgIpc) is 3.08. The Morgan fingerprint density at radius 2 is 1.71 bits per heavy atom. The molecule has 0 spiro atoms. The zero-order valence-electron chi connectivity index (χ0n) is 21.1. The first-order chi connectivity index (χ1) is 16.2. The van der Waals surface area contributed by atoms with Crippen LogP contribution in [-0.2, 0) is 28.2 Å². The monoisotopic (exact) mass is 526 g/mol. The Kier molecular flexibility index (Phi) is 7.94. The van der Waals surface area contributed by atoms with Crippen molar-refractivity contribution in [3.05, 3.63) is 62.9 Å². The van der Waals surface area contributed by atoms with Crippen LogP contribution in [0.25, 0.3) is 0 Å². The number of nitrogens with one attached hydrogen (secondary N) is 1. The molecule has 1 fully saturated rings. The first-order valence-electron chi connectivity index (χ1n) is 11.3. The third-order valence-electron chi connectivity index (χ3n) is 6.62. The standard InChI is InChI=1S/C23H34N2O8SSi/c1-15-8-10-16(11-9-15)34(28,29)31-14-17-19(33-35(6,7)23(2,3)4)20(30-5)21(32-17)25-13-12-18(26)24-22(25)27/h8-13,17,19-21H,14H2,1-7H3,(H,24,26,27)/t17-,19?,20?,21-/m1/s1. The fraction of sp³-hybridized carbons (Fsp3) is 0.565. The fourth-order valence-corrected chi connectivity index (χ4v) is 5.77. The molecule has 35 heavy (non-hydrogen) atoms. The first kappa shape index (κ1) is 27.5. The van der Waals surface area contributed by atoms with E-state index in [1.54, 1.807) is 12.1 Å². The van der Waals surface area contributed by atoms with Crippen molar-refractivity contribution in [3.8, 4) is 0 Å². The summed E-state index contributed by atoms with van der Waals surface area (Å²) in [5, 5.41) is -0.155. The molecule has 2 aromatic rings. The fourth-order valence-electron chi connectivity index (χ4n) is 3.53. The molecule has 2 unspecified atom stereocenters. The summed E-state index contributed by atoms with van der Waals surface area (Å²) in [6.07, 6.45) is -2.00. The maximum atomic E-state index is 12.8. The van der Waals surface area contributed by atoms with E-state index in [1.807, 2.05) is 6.92 Å². The highest BCUT2D eigenvalue weighted by molar-refractivity contribution is 7.86. The van der Waals surface area contributed by atoms with E-state index in [-0.39, 0.29) is 16.5 Å². The summed E-state index contributed by atoms with van der Waals surface area (Å²) in [5.74, 6) is 0. The molecule has 0 bridgehead atoms. The molecular weight excluding hydrogens is 492 g/mol. The van der Waals surface area contributed by atoms with Crippen molar-refractivity contribution >= 4 is 18.4 Å². The van der Waals surface area contributed by atoms with E-state index in [1.165, 1.54) is 36.1 Å². The topological polar surface area (TPSA) is 126 Å². The number of ether oxygens (including phenoxy) is 2. The van der Waals surface area contributed by atoms with Crippen LogP contribution in [-0.4, -0.2) is 58.3 Å². The molecule has 12 heteroatoms. The minimum absolute atomic E-state index is 0.0275. The van der Waals surface area contributed by atoms with Gasteiger partial charge >= 0.3 is 5.69 Å². The largest absolute Gasteiger partial charge is 0.408 e. The van der Waals surface area contributed by atoms with Crippen LogP contribution < -0.4 is 11.2 Å². The van der Waals surface area contributed by atoms with Crippen LogP contribution in [0, 0.1) is 6.92 Å². The van der Waals surface area contributed by atoms with Gasteiger partial charge in [0.1, 0.15) is 18.3 Å². The molecule has 0 radical (unpaired) electrons. The molecule has 0 aliphatic carbocycles. The number of hydrogen-bond acceptors (Lipinski definition) is 8. The highest BCUT2D eigenvalue weighted by Crippen LogP contribution is 2.42. The number of H-pyrrole nitrogens is 1. The molecule has 10 nitrogen and oxygen atoms in total. The Labute approximate surface area is 206 Å². The number of benzene rings is 1. The molecule has 0 saturated carbocycles. The lowest BCUT2D eigenvalue weighted by Crippen LogP contribution is -2.50. The molecule has 3 rings (SSSR count). The van der Waals surface area contributed by atoms with E-state index >= 15 is 0 Å². The van der Waals surface area contributed by atoms with Gasteiger partial charge in [-0.15, -0.1) is 0 Å². The normalized spacial score (nSPS) is 23.5. The van der Waals surface area contributed by atoms with Crippen LogP contribution in [0.4, 0.5) is 0 Å². The Morgan fingerprint density at radius 3 is 2.26 bits per heavy atom. The molecule has 1 aromatic carbocycles. The van der Waals surface area contributed by atoms with Gasteiger partial charge in [0.2, 0.25) is 0 Å². The number of hydrogen-bond donors (Lipinski definition) is 1. The van der Waals surface area contributed by atoms with Crippen LogP contribution in [0.5, 0.6) is 0 Å². The van der Waals surface area contributed by atoms with Gasteiger partial charge in [0.15, 0.2) is 14.5 Å². The van der Waals surface area contributed by atoms with E-state index in [0.29, 0.717) is 0 Å². The number of aryl methyl sites for hydroxylation is 1. The van der Waals surface area contributed by atoms with E-state index in [4.69, 9.17) is 18.1 Å². The third kappa shape index (κ3) is 6.01. The summed E-state index contributed by atoms with van der Waals surface area (Å²) >= 11 is 0. The molecular formula is C23H34N2O8SSi. The minimum atomic E-state index is -4.06. The number of rotatable bonds is 8. The lowest BCUT2D eigenvalue weighted by molar-refractivity contribution is -0.0599. The zero-order chi connectivity index (χ0) is 26.2. The Balaban J connectivity index is 1.94. The molecule has 2 heterocycles. The van der Waals surface area contributed by atoms with Crippen molar-refractivity contribution in [1.82, 2.24) is 9.55 Å². The molecule has 1 aliphatic rings. The first-order valence-corrected chi connectivity index (χ1v) is 15.6. The molecule has 1 saturated heterocycles. The van der Waals surface area contributed by atoms with Crippen LogP contribution in [0.1, 0.15) is 32.6 Å². The number of aromatic nitrogens is 2. The average molecular weight is 527 g/mol. The quantitative estimate of drug-likeness (QED) is 0.411. The van der Waals surface area contributed by atoms with Gasteiger partial charge < -0.3 is 13.9 Å². The van der Waals surface area contributed by atoms with Gasteiger partial charge in [0, 0.05) is 19.4 Å². The highest BCUT2D eigenvalue weighted by Gasteiger charge is 2.51. The van der Waals surface area contributed by atoms with Crippen LogP contribution >= 0.6 is 0 Å². The number of aromatic amines is 1. The van der Waals surface area contributed by atoms with Crippen molar-refractivity contribution in [2.24, 2.45) is 0 Å². The van der Waals surface area contributed by atoms with Gasteiger partial charge in [-0.2, -0.15) is 8.42 Å². The van der Waals surface area contributed by atoms with Crippen molar-refractivity contribution < 1.29 is 26.5 Å². The van der Waals surface area contributed by atoms with Gasteiger partial charge in [-0.1, -0.05) is 38.5 Å². The molecule has 0 amide bonds. The summed E-state index contributed by atoms with van der Waals surface area (Å²) < 4.78 is 50.6. The van der Waals surface area contributed by atoms with E-state index in [2.05, 4.69) is 38.8 Å². The zero-order valence-corrected chi connectivity index (χ0v) is 22.9. The lowest BCUT2D eigenvalue weighted by Gasteiger charge is -2.40. The van der Waals surface area contributed by atoms with Gasteiger partial charge in [-0.05, 0) is 37.2 Å². The maximum absolute atomic E-state index is 12.8. The number of methoxy groups -OCH3 is 1. The van der Waals surface area contributed by atoms with Gasteiger partial charge in [-0.3, -0.25) is 18.5 Å². The summed E-state index contributed by atoms with van der Waals surface area (Å²) in [4.78, 5) is 26.3. The van der Waals surface area contributed by atoms with E-state index in [9.17, 15) is 18.0 Å². The SMILES string of the molecule is COC1C(O[Si](C)(C)C(C)(C)C)[C@@H](COS(=O)(=O)c2ccc(C)cc2)O[C@H]1n1ccc(=O)[nH]c1=O. The van der Waals surface area contributed by atoms with Crippen LogP contribution in [0.15, 0.2) is 51.0 Å². The Morgan fingerprint density at radius 1 is 1.09 bits per heavy atom. The Hall–Kier alpha value is -2.09. The molecule has 194 valence electrons. The minimum Gasteiger partial charge on any atom is -0.408 e. The molecule has 1 aromatic heterocycles. The molecule has 4 atom stereocenters. The number of nitrogens with zero attached hydrogens (tertiary/aromatic N) is 1. The van der Waals surface area contributed by atoms with Crippen molar-refractivity contribution in [2.75, 3.05) is 13.7 Å². The maximum Gasteiger partial charge on any atom is 0.330 e. The summed E-state index contributed by atoms with van der Waals surface area (Å²) in [6.45, 7) is 11.9. The van der Waals surface area contributed by atoms with E-state index < -0.39 is 54.2 Å². The van der Waals surface area contributed by atoms with Gasteiger partial charge in [-0.25, -0.2) is 4.79 Å². The smallest absolute Gasteiger partial charge is 0.330 e. The second-order valence-corrected chi connectivity index (χ2v) is 16.5. The lowest BCUT2D eigenvalue weighted by atomic mass is 10.1. The predicted molar refractivity (Wildman–Crippen MR) is 132 cm³/mol. The third-order valence-corrected chi connectivity index (χ3v) is 12.4. The van der Waals surface area contributed by atoms with Crippen LogP contribution in [0.3, 0.4) is 0 Å². The summed E-state index contributed by atoms with van der Waals surface area (Å²) in [6, 6.07) is 7.53. The van der Waals surface area contributed by atoms with Crippen molar-refractivity contribution in [1.29, 1.82) is 0 Å². The van der Waals surface area contributed by atoms with Crippen LogP contribution in [0.2, 0.25) is 18.1 Å². The molecule has 1 aliphatic heterocycles. The summed E-state index contributed by atoms with van der Waals surface area (Å²) in [5.41, 5.74) is -0.302. The summed E-state index contributed by atoms with van der Waals surface area (Å²) in [7, 11) is -4.98. The van der Waals surface area contributed by atoms with Gasteiger partial charge in [0.25, 0.3) is 15.7 Å². The Bertz CT molecular complexity index is 1250. The molecule has 1 N–H and O–H groups in total. The van der Waals surface area contributed by atoms with E-state index in [0.717, 1.165) is 5.56 Å². The second kappa shape index (κ2) is 10.1. The van der Waals surface area contributed by atoms with Crippen molar-refractivity contribution in [2.45, 2.75) is 75.3 Å². The van der Waals surface area contributed by atoms with Crippen molar-refractivity contribution in [3.63, 3.8) is 0 Å². The highest BCUT2D eigenvalue weighted by atomic mass is 32.2. The second-order valence-electron chi connectivity index (χ2n) is 10.2. The predicted octanol–water partition coefficient (Wildman–Crippen LogP) is 2.55.